The summed E-state index contributed by atoms with van der Waals surface area (Å²) in [6, 6.07) is -0.534. The SMILES string of the molecule is O=C1NC(=O)C(S)(CCCO)N1. The van der Waals surface area contributed by atoms with Crippen LogP contribution in [0.5, 0.6) is 0 Å². The summed E-state index contributed by atoms with van der Waals surface area (Å²) in [6.45, 7) is -0.0224. The normalized spacial score (nSPS) is 28.5. The lowest BCUT2D eigenvalue weighted by Crippen LogP contribution is -2.41. The molecule has 3 N–H and O–H groups in total. The van der Waals surface area contributed by atoms with Crippen LogP contribution in [0.15, 0.2) is 0 Å². The predicted octanol–water partition coefficient (Wildman–Crippen LogP) is -0.776. The molecule has 1 fully saturated rings. The third kappa shape index (κ3) is 1.70. The molecule has 12 heavy (non-hydrogen) atoms. The molecule has 0 saturated carbocycles. The molecular weight excluding hydrogens is 180 g/mol. The van der Waals surface area contributed by atoms with Gasteiger partial charge in [-0.15, -0.1) is 12.6 Å². The Labute approximate surface area is 74.9 Å². The number of carbonyl (C=O) groups is 2. The topological polar surface area (TPSA) is 78.4 Å². The molecule has 0 radical (unpaired) electrons. The molecule has 1 atom stereocenters. The third-order valence-electron chi connectivity index (χ3n) is 1.62. The fraction of sp³-hybridized carbons (Fsp3) is 0.667. The quantitative estimate of drug-likeness (QED) is 0.348. The molecule has 0 aromatic rings. The van der Waals surface area contributed by atoms with Crippen molar-refractivity contribution in [3.05, 3.63) is 0 Å². The van der Waals surface area contributed by atoms with Gasteiger partial charge >= 0.3 is 6.03 Å². The predicted molar refractivity (Wildman–Crippen MR) is 44.7 cm³/mol. The molecule has 3 amide bonds. The largest absolute Gasteiger partial charge is 0.396 e. The minimum Gasteiger partial charge on any atom is -0.396 e. The Balaban J connectivity index is 2.58. The number of amides is 3. The number of hydrogen-bond donors (Lipinski definition) is 4. The van der Waals surface area contributed by atoms with Gasteiger partial charge in [-0.25, -0.2) is 4.79 Å². The lowest BCUT2D eigenvalue weighted by Gasteiger charge is -2.17. The van der Waals surface area contributed by atoms with Gasteiger partial charge in [-0.3, -0.25) is 10.1 Å². The molecule has 0 bridgehead atoms. The zero-order valence-electron chi connectivity index (χ0n) is 6.33. The number of imide groups is 1. The fourth-order valence-electron chi connectivity index (χ4n) is 0.993. The van der Waals surface area contributed by atoms with E-state index in [1.807, 2.05) is 0 Å². The van der Waals surface area contributed by atoms with E-state index in [1.54, 1.807) is 0 Å². The van der Waals surface area contributed by atoms with Crippen molar-refractivity contribution in [1.82, 2.24) is 10.6 Å². The first-order valence-electron chi connectivity index (χ1n) is 3.55. The Morgan fingerprint density at radius 3 is 2.58 bits per heavy atom. The molecule has 0 aliphatic carbocycles. The summed E-state index contributed by atoms with van der Waals surface area (Å²) in [5.74, 6) is -0.454. The highest BCUT2D eigenvalue weighted by atomic mass is 32.1. The van der Waals surface area contributed by atoms with Crippen LogP contribution in [0.25, 0.3) is 0 Å². The molecule has 0 spiro atoms. The molecule has 0 aromatic heterocycles. The van der Waals surface area contributed by atoms with Gasteiger partial charge in [0, 0.05) is 6.61 Å². The van der Waals surface area contributed by atoms with E-state index in [0.717, 1.165) is 0 Å². The molecule has 5 nitrogen and oxygen atoms in total. The van der Waals surface area contributed by atoms with Gasteiger partial charge in [-0.2, -0.15) is 0 Å². The van der Waals surface area contributed by atoms with E-state index in [9.17, 15) is 9.59 Å². The summed E-state index contributed by atoms with van der Waals surface area (Å²) in [5, 5.41) is 13.0. The number of carbonyl (C=O) groups excluding carboxylic acids is 2. The van der Waals surface area contributed by atoms with Crippen LogP contribution in [-0.4, -0.2) is 28.5 Å². The Kier molecular flexibility index (Phi) is 2.58. The first-order chi connectivity index (χ1) is 5.58. The van der Waals surface area contributed by atoms with E-state index in [1.165, 1.54) is 0 Å². The Morgan fingerprint density at radius 1 is 1.50 bits per heavy atom. The molecular formula is C6H10N2O3S. The fourth-order valence-corrected chi connectivity index (χ4v) is 1.31. The van der Waals surface area contributed by atoms with Crippen LogP contribution in [0.3, 0.4) is 0 Å². The highest BCUT2D eigenvalue weighted by Crippen LogP contribution is 2.21. The van der Waals surface area contributed by atoms with Crippen molar-refractivity contribution in [3.8, 4) is 0 Å². The molecule has 1 heterocycles. The summed E-state index contributed by atoms with van der Waals surface area (Å²) in [6.07, 6.45) is 0.751. The molecule has 1 rings (SSSR count). The Bertz CT molecular complexity index is 221. The number of aliphatic hydroxyl groups excluding tert-OH is 1. The van der Waals surface area contributed by atoms with Gasteiger partial charge in [0.1, 0.15) is 0 Å². The number of nitrogens with one attached hydrogen (secondary N) is 2. The van der Waals surface area contributed by atoms with Crippen LogP contribution >= 0.6 is 12.6 Å². The summed E-state index contributed by atoms with van der Waals surface area (Å²) >= 11 is 4.01. The van der Waals surface area contributed by atoms with Gasteiger partial charge in [0.05, 0.1) is 0 Å². The van der Waals surface area contributed by atoms with Crippen molar-refractivity contribution < 1.29 is 14.7 Å². The van der Waals surface area contributed by atoms with Crippen LogP contribution in [0.4, 0.5) is 4.79 Å². The molecule has 1 aliphatic heterocycles. The van der Waals surface area contributed by atoms with Gasteiger partial charge in [0.25, 0.3) is 5.91 Å². The van der Waals surface area contributed by atoms with Crippen molar-refractivity contribution in [2.45, 2.75) is 17.7 Å². The second kappa shape index (κ2) is 3.32. The summed E-state index contributed by atoms with van der Waals surface area (Å²) in [7, 11) is 0. The lowest BCUT2D eigenvalue weighted by molar-refractivity contribution is -0.121. The van der Waals surface area contributed by atoms with E-state index in [2.05, 4.69) is 23.3 Å². The monoisotopic (exact) mass is 190 g/mol. The van der Waals surface area contributed by atoms with Gasteiger partial charge in [0.2, 0.25) is 0 Å². The van der Waals surface area contributed by atoms with E-state index in [-0.39, 0.29) is 6.61 Å². The number of aliphatic hydroxyl groups is 1. The maximum absolute atomic E-state index is 11.1. The van der Waals surface area contributed by atoms with E-state index >= 15 is 0 Å². The number of rotatable bonds is 3. The second-order valence-electron chi connectivity index (χ2n) is 2.60. The van der Waals surface area contributed by atoms with Crippen molar-refractivity contribution in [1.29, 1.82) is 0 Å². The second-order valence-corrected chi connectivity index (χ2v) is 3.36. The zero-order chi connectivity index (χ0) is 9.19. The first-order valence-corrected chi connectivity index (χ1v) is 4.00. The van der Waals surface area contributed by atoms with Gasteiger partial charge in [-0.1, -0.05) is 0 Å². The average molecular weight is 190 g/mol. The molecule has 1 saturated heterocycles. The Hall–Kier alpha value is -0.750. The first kappa shape index (κ1) is 9.34. The van der Waals surface area contributed by atoms with Crippen molar-refractivity contribution in [2.24, 2.45) is 0 Å². The van der Waals surface area contributed by atoms with E-state index < -0.39 is 16.8 Å². The van der Waals surface area contributed by atoms with Gasteiger partial charge in [-0.05, 0) is 12.8 Å². The van der Waals surface area contributed by atoms with Crippen molar-refractivity contribution in [3.63, 3.8) is 0 Å². The summed E-state index contributed by atoms with van der Waals surface area (Å²) in [4.78, 5) is 20.6. The van der Waals surface area contributed by atoms with Crippen LogP contribution in [-0.2, 0) is 4.79 Å². The maximum atomic E-state index is 11.1. The van der Waals surface area contributed by atoms with Crippen molar-refractivity contribution >= 4 is 24.6 Å². The van der Waals surface area contributed by atoms with Crippen LogP contribution in [0.2, 0.25) is 0 Å². The number of urea groups is 1. The highest BCUT2D eigenvalue weighted by Gasteiger charge is 2.42. The van der Waals surface area contributed by atoms with Crippen LogP contribution < -0.4 is 10.6 Å². The lowest BCUT2D eigenvalue weighted by atomic mass is 10.1. The van der Waals surface area contributed by atoms with Crippen LogP contribution in [0.1, 0.15) is 12.8 Å². The smallest absolute Gasteiger partial charge is 0.323 e. The summed E-state index contributed by atoms with van der Waals surface area (Å²) in [5.41, 5.74) is 0. The van der Waals surface area contributed by atoms with Gasteiger partial charge in [0.15, 0.2) is 4.87 Å². The highest BCUT2D eigenvalue weighted by molar-refractivity contribution is 7.82. The van der Waals surface area contributed by atoms with Crippen molar-refractivity contribution in [2.75, 3.05) is 6.61 Å². The molecule has 1 unspecified atom stereocenters. The minimum atomic E-state index is -1.14. The Morgan fingerprint density at radius 2 is 2.17 bits per heavy atom. The minimum absolute atomic E-state index is 0.0224. The third-order valence-corrected chi connectivity index (χ3v) is 2.16. The number of thiol groups is 1. The maximum Gasteiger partial charge on any atom is 0.323 e. The van der Waals surface area contributed by atoms with Crippen LogP contribution in [0, 0.1) is 0 Å². The molecule has 68 valence electrons. The molecule has 1 aliphatic rings. The summed E-state index contributed by atoms with van der Waals surface area (Å²) < 4.78 is 0. The van der Waals surface area contributed by atoms with E-state index in [4.69, 9.17) is 5.11 Å². The molecule has 0 aromatic carbocycles. The zero-order valence-corrected chi connectivity index (χ0v) is 7.23. The number of hydrogen-bond acceptors (Lipinski definition) is 4. The molecule has 6 heteroatoms. The average Bonchev–Trinajstić information content (AvgIpc) is 2.23. The standard InChI is InChI=1S/C6H10N2O3S/c9-3-1-2-6(12)4(10)7-5(11)8-6/h9,12H,1-3H2,(H2,7,8,10,11). The van der Waals surface area contributed by atoms with Gasteiger partial charge < -0.3 is 10.4 Å². The van der Waals surface area contributed by atoms with E-state index in [0.29, 0.717) is 12.8 Å².